The Balaban J connectivity index is 1.58. The van der Waals surface area contributed by atoms with Gasteiger partial charge in [-0.05, 0) is 49.4 Å². The number of halogens is 1. The molecule has 0 fully saturated rings. The molecule has 2 aromatic heterocycles. The van der Waals surface area contributed by atoms with Crippen LogP contribution in [0.1, 0.15) is 28.8 Å². The number of furan rings is 1. The van der Waals surface area contributed by atoms with Crippen LogP contribution >= 0.6 is 15.9 Å². The highest BCUT2D eigenvalue weighted by Crippen LogP contribution is 2.19. The first-order chi connectivity index (χ1) is 12.1. The first kappa shape index (κ1) is 17.2. The number of carbonyl (C=O) groups excluding carboxylic acids is 1. The molecular weight excluding hydrogens is 384 g/mol. The van der Waals surface area contributed by atoms with Gasteiger partial charge in [0, 0.05) is 17.2 Å². The molecule has 128 valence electrons. The van der Waals surface area contributed by atoms with Gasteiger partial charge >= 0.3 is 0 Å². The number of ketones is 1. The van der Waals surface area contributed by atoms with Crippen LogP contribution in [0.15, 0.2) is 63.8 Å². The van der Waals surface area contributed by atoms with Crippen molar-refractivity contribution in [1.29, 1.82) is 0 Å². The minimum Gasteiger partial charge on any atom is -0.486 e. The van der Waals surface area contributed by atoms with Crippen molar-refractivity contribution in [2.24, 2.45) is 0 Å². The van der Waals surface area contributed by atoms with E-state index in [2.05, 4.69) is 21.0 Å². The molecule has 25 heavy (non-hydrogen) atoms. The fraction of sp³-hybridized carbons (Fsp3) is 0.158. The molecule has 0 aliphatic carbocycles. The smallest absolute Gasteiger partial charge is 0.189 e. The molecule has 2 heterocycles. The van der Waals surface area contributed by atoms with Crippen LogP contribution in [-0.4, -0.2) is 15.6 Å². The Bertz CT molecular complexity index is 895. The minimum atomic E-state index is -0.108. The van der Waals surface area contributed by atoms with E-state index in [1.807, 2.05) is 37.3 Å². The molecule has 0 spiro atoms. The summed E-state index contributed by atoms with van der Waals surface area (Å²) in [5.41, 5.74) is 0.558. The molecule has 0 atom stereocenters. The van der Waals surface area contributed by atoms with Gasteiger partial charge in [0.15, 0.2) is 5.78 Å². The number of aromatic nitrogens is 2. The van der Waals surface area contributed by atoms with Crippen LogP contribution in [0.2, 0.25) is 0 Å². The topological polar surface area (TPSA) is 57.3 Å². The second-order valence-corrected chi connectivity index (χ2v) is 6.25. The van der Waals surface area contributed by atoms with Gasteiger partial charge in [-0.3, -0.25) is 9.48 Å². The lowest BCUT2D eigenvalue weighted by Crippen LogP contribution is -1.94. The van der Waals surface area contributed by atoms with E-state index in [0.717, 1.165) is 16.8 Å². The lowest BCUT2D eigenvalue weighted by atomic mass is 10.2. The maximum Gasteiger partial charge on any atom is 0.189 e. The third kappa shape index (κ3) is 4.70. The van der Waals surface area contributed by atoms with Crippen LogP contribution in [0.5, 0.6) is 5.75 Å². The summed E-state index contributed by atoms with van der Waals surface area (Å²) in [4.78, 5) is 12.1. The first-order valence-electron chi connectivity index (χ1n) is 7.86. The van der Waals surface area contributed by atoms with Gasteiger partial charge in [0.25, 0.3) is 0 Å². The largest absolute Gasteiger partial charge is 0.486 e. The average molecular weight is 401 g/mol. The van der Waals surface area contributed by atoms with Gasteiger partial charge in [0.05, 0.1) is 11.8 Å². The predicted molar refractivity (Wildman–Crippen MR) is 98.4 cm³/mol. The van der Waals surface area contributed by atoms with Crippen molar-refractivity contribution in [1.82, 2.24) is 9.78 Å². The molecule has 1 aromatic carbocycles. The van der Waals surface area contributed by atoms with Gasteiger partial charge in [0.2, 0.25) is 0 Å². The van der Waals surface area contributed by atoms with Gasteiger partial charge in [-0.25, -0.2) is 0 Å². The van der Waals surface area contributed by atoms with E-state index in [-0.39, 0.29) is 5.78 Å². The second kappa shape index (κ2) is 7.98. The molecule has 0 aliphatic rings. The van der Waals surface area contributed by atoms with E-state index >= 15 is 0 Å². The van der Waals surface area contributed by atoms with E-state index in [9.17, 15) is 4.79 Å². The number of hydrogen-bond donors (Lipinski definition) is 0. The van der Waals surface area contributed by atoms with E-state index < -0.39 is 0 Å². The molecule has 0 unspecified atom stereocenters. The highest BCUT2D eigenvalue weighted by Gasteiger charge is 2.06. The number of ether oxygens (including phenoxy) is 1. The fourth-order valence-corrected chi connectivity index (χ4v) is 2.57. The Hall–Kier alpha value is -2.60. The summed E-state index contributed by atoms with van der Waals surface area (Å²) >= 11 is 3.40. The average Bonchev–Trinajstić information content (AvgIpc) is 3.27. The predicted octanol–water partition coefficient (Wildman–Crippen LogP) is 4.73. The van der Waals surface area contributed by atoms with Crippen LogP contribution in [0, 0.1) is 0 Å². The van der Waals surface area contributed by atoms with Crippen LogP contribution in [0.4, 0.5) is 0 Å². The van der Waals surface area contributed by atoms with Crippen LogP contribution in [0.25, 0.3) is 6.08 Å². The standard InChI is InChI=1S/C19H17BrN2O3/c1-2-22-12-14(11-21-22)19(23)9-8-16-6-7-18(25-16)13-24-17-5-3-4-15(20)10-17/h3-12H,2,13H2,1H3/b9-8+. The number of rotatable bonds is 7. The molecule has 0 aliphatic heterocycles. The van der Waals surface area contributed by atoms with Crippen molar-refractivity contribution in [3.05, 3.63) is 76.4 Å². The minimum absolute atomic E-state index is 0.108. The summed E-state index contributed by atoms with van der Waals surface area (Å²) in [5, 5.41) is 4.09. The van der Waals surface area contributed by atoms with E-state index in [1.165, 1.54) is 6.08 Å². The van der Waals surface area contributed by atoms with Gasteiger partial charge in [-0.2, -0.15) is 5.10 Å². The number of allylic oxidation sites excluding steroid dienone is 1. The van der Waals surface area contributed by atoms with Crippen molar-refractivity contribution in [2.45, 2.75) is 20.1 Å². The van der Waals surface area contributed by atoms with Gasteiger partial charge in [-0.15, -0.1) is 0 Å². The monoisotopic (exact) mass is 400 g/mol. The Labute approximate surface area is 154 Å². The van der Waals surface area contributed by atoms with Crippen molar-refractivity contribution in [2.75, 3.05) is 0 Å². The lowest BCUT2D eigenvalue weighted by Gasteiger charge is -2.03. The number of hydrogen-bond acceptors (Lipinski definition) is 4. The fourth-order valence-electron chi connectivity index (χ4n) is 2.19. The quantitative estimate of drug-likeness (QED) is 0.424. The molecule has 5 nitrogen and oxygen atoms in total. The molecule has 0 amide bonds. The van der Waals surface area contributed by atoms with Crippen molar-refractivity contribution >= 4 is 27.8 Å². The van der Waals surface area contributed by atoms with E-state index in [1.54, 1.807) is 29.2 Å². The Kier molecular flexibility index (Phi) is 5.50. The van der Waals surface area contributed by atoms with Gasteiger partial charge in [-0.1, -0.05) is 22.0 Å². The molecule has 3 rings (SSSR count). The molecule has 0 saturated heterocycles. The Morgan fingerprint density at radius 3 is 3.00 bits per heavy atom. The summed E-state index contributed by atoms with van der Waals surface area (Å²) in [6.45, 7) is 3.02. The van der Waals surface area contributed by atoms with Crippen molar-refractivity contribution in [3.63, 3.8) is 0 Å². The third-order valence-corrected chi connectivity index (χ3v) is 3.99. The summed E-state index contributed by atoms with van der Waals surface area (Å²) in [6.07, 6.45) is 6.42. The number of nitrogens with zero attached hydrogens (tertiary/aromatic N) is 2. The molecule has 0 radical (unpaired) electrons. The van der Waals surface area contributed by atoms with Crippen molar-refractivity contribution < 1.29 is 13.9 Å². The number of aryl methyl sites for hydroxylation is 1. The van der Waals surface area contributed by atoms with Crippen molar-refractivity contribution in [3.8, 4) is 5.75 Å². The lowest BCUT2D eigenvalue weighted by molar-refractivity contribution is 0.104. The molecule has 0 N–H and O–H groups in total. The van der Waals surface area contributed by atoms with E-state index in [0.29, 0.717) is 23.7 Å². The highest BCUT2D eigenvalue weighted by atomic mass is 79.9. The molecule has 3 aromatic rings. The maximum atomic E-state index is 12.1. The second-order valence-electron chi connectivity index (χ2n) is 5.33. The van der Waals surface area contributed by atoms with Crippen LogP contribution in [-0.2, 0) is 13.2 Å². The summed E-state index contributed by atoms with van der Waals surface area (Å²) in [5.74, 6) is 1.93. The summed E-state index contributed by atoms with van der Waals surface area (Å²) < 4.78 is 14.0. The van der Waals surface area contributed by atoms with Gasteiger partial charge < -0.3 is 9.15 Å². The highest BCUT2D eigenvalue weighted by molar-refractivity contribution is 9.10. The first-order valence-corrected chi connectivity index (χ1v) is 8.65. The van der Waals surface area contributed by atoms with E-state index in [4.69, 9.17) is 9.15 Å². The SMILES string of the molecule is CCn1cc(C(=O)/C=C/c2ccc(COc3cccc(Br)c3)o2)cn1. The normalized spacial score (nSPS) is 11.1. The maximum absolute atomic E-state index is 12.1. The molecule has 6 heteroatoms. The Morgan fingerprint density at radius 1 is 1.36 bits per heavy atom. The zero-order valence-electron chi connectivity index (χ0n) is 13.7. The van der Waals surface area contributed by atoms with Crippen LogP contribution < -0.4 is 4.74 Å². The summed E-state index contributed by atoms with van der Waals surface area (Å²) in [7, 11) is 0. The zero-order chi connectivity index (χ0) is 17.6. The third-order valence-electron chi connectivity index (χ3n) is 3.50. The number of benzene rings is 1. The number of carbonyl (C=O) groups is 1. The molecular formula is C19H17BrN2O3. The van der Waals surface area contributed by atoms with Gasteiger partial charge in [0.1, 0.15) is 23.9 Å². The van der Waals surface area contributed by atoms with Crippen LogP contribution in [0.3, 0.4) is 0 Å². The molecule has 0 bridgehead atoms. The summed E-state index contributed by atoms with van der Waals surface area (Å²) in [6, 6.07) is 11.2. The molecule has 0 saturated carbocycles. The Morgan fingerprint density at radius 2 is 2.24 bits per heavy atom. The zero-order valence-corrected chi connectivity index (χ0v) is 15.3.